The number of amides is 1. The number of primary sulfonamides is 1. The third-order valence-electron chi connectivity index (χ3n) is 3.53. The molecule has 1 amide bonds. The Labute approximate surface area is 136 Å². The van der Waals surface area contributed by atoms with E-state index in [1.165, 1.54) is 12.1 Å². The van der Waals surface area contributed by atoms with Gasteiger partial charge in [0.1, 0.15) is 0 Å². The average Bonchev–Trinajstić information content (AvgIpc) is 2.53. The van der Waals surface area contributed by atoms with Gasteiger partial charge in [0, 0.05) is 5.69 Å². The van der Waals surface area contributed by atoms with Crippen LogP contribution in [0.15, 0.2) is 59.5 Å². The number of sulfonamides is 1. The number of anilines is 1. The number of rotatable bonds is 6. The van der Waals surface area contributed by atoms with E-state index in [2.05, 4.69) is 5.32 Å². The molecule has 0 bridgehead atoms. The fraction of sp³-hybridized carbons (Fsp3) is 0.235. The number of nitrogens with one attached hydrogen (secondary N) is 1. The third-order valence-corrected chi connectivity index (χ3v) is 4.44. The van der Waals surface area contributed by atoms with E-state index in [1.807, 2.05) is 37.3 Å². The second kappa shape index (κ2) is 7.39. The maximum atomic E-state index is 12.6. The van der Waals surface area contributed by atoms with Crippen molar-refractivity contribution in [3.63, 3.8) is 0 Å². The molecule has 0 fully saturated rings. The number of carbonyl (C=O) groups excluding carboxylic acids is 1. The van der Waals surface area contributed by atoms with Gasteiger partial charge in [-0.3, -0.25) is 4.79 Å². The van der Waals surface area contributed by atoms with Crippen molar-refractivity contribution in [3.8, 4) is 0 Å². The van der Waals surface area contributed by atoms with Crippen molar-refractivity contribution < 1.29 is 13.2 Å². The number of hydrogen-bond donors (Lipinski definition) is 2. The molecule has 2 aromatic carbocycles. The van der Waals surface area contributed by atoms with E-state index < -0.39 is 10.0 Å². The molecule has 0 aliphatic heterocycles. The molecule has 1 unspecified atom stereocenters. The Morgan fingerprint density at radius 3 is 2.43 bits per heavy atom. The molecule has 122 valence electrons. The Morgan fingerprint density at radius 1 is 1.13 bits per heavy atom. The molecule has 5 nitrogen and oxygen atoms in total. The van der Waals surface area contributed by atoms with Gasteiger partial charge in [-0.1, -0.05) is 49.7 Å². The minimum absolute atomic E-state index is 0.0259. The van der Waals surface area contributed by atoms with Gasteiger partial charge >= 0.3 is 0 Å². The van der Waals surface area contributed by atoms with Crippen molar-refractivity contribution in [2.75, 3.05) is 5.32 Å². The van der Waals surface area contributed by atoms with Gasteiger partial charge < -0.3 is 5.32 Å². The van der Waals surface area contributed by atoms with Gasteiger partial charge in [-0.05, 0) is 30.2 Å². The number of benzene rings is 2. The molecule has 6 heteroatoms. The largest absolute Gasteiger partial charge is 0.326 e. The van der Waals surface area contributed by atoms with Crippen molar-refractivity contribution in [1.82, 2.24) is 0 Å². The van der Waals surface area contributed by atoms with Gasteiger partial charge in [0.05, 0.1) is 10.8 Å². The predicted octanol–water partition coefficient (Wildman–Crippen LogP) is 2.86. The van der Waals surface area contributed by atoms with Gasteiger partial charge in [-0.2, -0.15) is 0 Å². The Kier molecular flexibility index (Phi) is 5.52. The quantitative estimate of drug-likeness (QED) is 0.852. The van der Waals surface area contributed by atoms with E-state index >= 15 is 0 Å². The normalized spacial score (nSPS) is 12.6. The van der Waals surface area contributed by atoms with Crippen LogP contribution in [0.5, 0.6) is 0 Å². The minimum Gasteiger partial charge on any atom is -0.326 e. The summed E-state index contributed by atoms with van der Waals surface area (Å²) in [6.45, 7) is 2.02. The van der Waals surface area contributed by atoms with Crippen LogP contribution < -0.4 is 10.5 Å². The highest BCUT2D eigenvalue weighted by Gasteiger charge is 2.20. The third kappa shape index (κ3) is 4.64. The molecular formula is C17H20N2O3S. The van der Waals surface area contributed by atoms with E-state index in [0.717, 1.165) is 12.0 Å². The topological polar surface area (TPSA) is 89.3 Å². The number of hydrogen-bond acceptors (Lipinski definition) is 3. The summed E-state index contributed by atoms with van der Waals surface area (Å²) >= 11 is 0. The van der Waals surface area contributed by atoms with Crippen LogP contribution in [0.2, 0.25) is 0 Å². The van der Waals surface area contributed by atoms with Crippen LogP contribution in [0, 0.1) is 0 Å². The molecule has 0 aliphatic carbocycles. The fourth-order valence-electron chi connectivity index (χ4n) is 2.40. The van der Waals surface area contributed by atoms with E-state index in [9.17, 15) is 13.2 Å². The molecule has 0 heterocycles. The van der Waals surface area contributed by atoms with E-state index in [4.69, 9.17) is 5.14 Å². The second-order valence-corrected chi connectivity index (χ2v) is 6.88. The second-order valence-electron chi connectivity index (χ2n) is 5.31. The van der Waals surface area contributed by atoms with Gasteiger partial charge in [-0.15, -0.1) is 0 Å². The molecule has 0 spiro atoms. The van der Waals surface area contributed by atoms with Gasteiger partial charge in [0.25, 0.3) is 0 Å². The molecule has 0 aliphatic rings. The molecule has 2 aromatic rings. The Bertz CT molecular complexity index is 773. The first kappa shape index (κ1) is 17.2. The molecule has 2 rings (SSSR count). The molecular weight excluding hydrogens is 312 g/mol. The zero-order chi connectivity index (χ0) is 16.9. The van der Waals surface area contributed by atoms with Crippen LogP contribution in [-0.4, -0.2) is 14.3 Å². The average molecular weight is 332 g/mol. The molecule has 23 heavy (non-hydrogen) atoms. The van der Waals surface area contributed by atoms with Crippen LogP contribution in [0.25, 0.3) is 0 Å². The number of carbonyl (C=O) groups is 1. The van der Waals surface area contributed by atoms with Crippen LogP contribution in [0.4, 0.5) is 5.69 Å². The fourth-order valence-corrected chi connectivity index (χ4v) is 2.96. The highest BCUT2D eigenvalue weighted by molar-refractivity contribution is 7.89. The zero-order valence-electron chi connectivity index (χ0n) is 12.9. The highest BCUT2D eigenvalue weighted by atomic mass is 32.2. The summed E-state index contributed by atoms with van der Waals surface area (Å²) in [6, 6.07) is 15.5. The first-order chi connectivity index (χ1) is 10.9. The van der Waals surface area contributed by atoms with Crippen molar-refractivity contribution in [2.24, 2.45) is 5.14 Å². The highest BCUT2D eigenvalue weighted by Crippen LogP contribution is 2.24. The summed E-state index contributed by atoms with van der Waals surface area (Å²) in [5.74, 6) is -0.441. The molecule has 3 N–H and O–H groups in total. The van der Waals surface area contributed by atoms with Crippen LogP contribution in [0.1, 0.15) is 31.2 Å². The predicted molar refractivity (Wildman–Crippen MR) is 90.5 cm³/mol. The van der Waals surface area contributed by atoms with Gasteiger partial charge in [0.2, 0.25) is 15.9 Å². The number of nitrogens with two attached hydrogens (primary N) is 1. The monoisotopic (exact) mass is 332 g/mol. The summed E-state index contributed by atoms with van der Waals surface area (Å²) in [7, 11) is -3.80. The molecule has 0 saturated heterocycles. The van der Waals surface area contributed by atoms with Crippen molar-refractivity contribution in [3.05, 3.63) is 60.2 Å². The summed E-state index contributed by atoms with van der Waals surface area (Å²) in [5.41, 5.74) is 1.35. The van der Waals surface area contributed by atoms with Crippen LogP contribution >= 0.6 is 0 Å². The molecule has 0 saturated carbocycles. The summed E-state index contributed by atoms with van der Waals surface area (Å²) in [6.07, 6.45) is 1.58. The van der Waals surface area contributed by atoms with Crippen molar-refractivity contribution in [2.45, 2.75) is 30.6 Å². The lowest BCUT2D eigenvalue weighted by Gasteiger charge is -2.17. The SMILES string of the molecule is CCCC(C(=O)Nc1cccc(S(N)(=O)=O)c1)c1ccccc1. The van der Waals surface area contributed by atoms with Gasteiger partial charge in [-0.25, -0.2) is 13.6 Å². The van der Waals surface area contributed by atoms with Crippen LogP contribution in [0.3, 0.4) is 0 Å². The molecule has 1 atom stereocenters. The lowest BCUT2D eigenvalue weighted by molar-refractivity contribution is -0.117. The first-order valence-corrected chi connectivity index (χ1v) is 8.95. The Balaban J connectivity index is 2.22. The standard InChI is InChI=1S/C17H20N2O3S/c1-2-7-16(13-8-4-3-5-9-13)17(20)19-14-10-6-11-15(12-14)23(18,21)22/h3-6,8-12,16H,2,7H2,1H3,(H,19,20)(H2,18,21,22). The minimum atomic E-state index is -3.80. The maximum absolute atomic E-state index is 12.6. The zero-order valence-corrected chi connectivity index (χ0v) is 13.7. The molecule has 0 radical (unpaired) electrons. The lowest BCUT2D eigenvalue weighted by Crippen LogP contribution is -2.21. The lowest BCUT2D eigenvalue weighted by atomic mass is 9.93. The Morgan fingerprint density at radius 2 is 1.83 bits per heavy atom. The summed E-state index contributed by atoms with van der Waals surface area (Å²) in [4.78, 5) is 12.5. The van der Waals surface area contributed by atoms with Crippen molar-refractivity contribution >= 4 is 21.6 Å². The Hall–Kier alpha value is -2.18. The summed E-state index contributed by atoms with van der Waals surface area (Å²) in [5, 5.41) is 7.89. The summed E-state index contributed by atoms with van der Waals surface area (Å²) < 4.78 is 22.8. The molecule has 0 aromatic heterocycles. The maximum Gasteiger partial charge on any atom is 0.238 e. The van der Waals surface area contributed by atoms with Crippen molar-refractivity contribution in [1.29, 1.82) is 0 Å². The van der Waals surface area contributed by atoms with E-state index in [-0.39, 0.29) is 16.7 Å². The first-order valence-electron chi connectivity index (χ1n) is 7.40. The van der Waals surface area contributed by atoms with E-state index in [1.54, 1.807) is 12.1 Å². The van der Waals surface area contributed by atoms with E-state index in [0.29, 0.717) is 12.1 Å². The van der Waals surface area contributed by atoms with Gasteiger partial charge in [0.15, 0.2) is 0 Å². The smallest absolute Gasteiger partial charge is 0.238 e. The van der Waals surface area contributed by atoms with Crippen LogP contribution in [-0.2, 0) is 14.8 Å².